The molecule has 2 aromatic carbocycles. The fourth-order valence-electron chi connectivity index (χ4n) is 3.25. The molecule has 162 valence electrons. The van der Waals surface area contributed by atoms with Gasteiger partial charge in [-0.05, 0) is 45.0 Å². The summed E-state index contributed by atoms with van der Waals surface area (Å²) in [4.78, 5) is 23.1. The third-order valence-corrected chi connectivity index (χ3v) is 4.89. The van der Waals surface area contributed by atoms with E-state index in [-0.39, 0.29) is 23.5 Å². The highest BCUT2D eigenvalue weighted by atomic mass is 19.4. The van der Waals surface area contributed by atoms with Crippen LogP contribution in [0.25, 0.3) is 5.69 Å². The summed E-state index contributed by atoms with van der Waals surface area (Å²) >= 11 is 0. The number of hydrogen-bond donors (Lipinski definition) is 1. The predicted octanol–water partition coefficient (Wildman–Crippen LogP) is 4.91. The molecule has 31 heavy (non-hydrogen) atoms. The number of aryl methyl sites for hydroxylation is 2. The van der Waals surface area contributed by atoms with Crippen LogP contribution in [0.3, 0.4) is 0 Å². The summed E-state index contributed by atoms with van der Waals surface area (Å²) in [6.45, 7) is 4.93. The van der Waals surface area contributed by atoms with E-state index in [0.717, 1.165) is 12.1 Å². The number of carbonyl (C=O) groups excluding carboxylic acids is 1. The van der Waals surface area contributed by atoms with Crippen molar-refractivity contribution in [3.63, 3.8) is 0 Å². The largest absolute Gasteiger partial charge is 0.416 e. The summed E-state index contributed by atoms with van der Waals surface area (Å²) < 4.78 is 40.4. The first-order chi connectivity index (χ1) is 14.5. The lowest BCUT2D eigenvalue weighted by Crippen LogP contribution is -2.15. The Labute approximate surface area is 175 Å². The number of benzene rings is 2. The minimum Gasteiger partial charge on any atom is -0.326 e. The van der Waals surface area contributed by atoms with E-state index in [0.29, 0.717) is 22.5 Å². The van der Waals surface area contributed by atoms with Gasteiger partial charge >= 0.3 is 6.18 Å². The van der Waals surface area contributed by atoms with Gasteiger partial charge in [0.25, 0.3) is 5.69 Å². The molecule has 0 saturated carbocycles. The summed E-state index contributed by atoms with van der Waals surface area (Å²) in [5.41, 5.74) is 1.68. The SMILES string of the molecule is Cc1ccc(NC(=O)Cc2c(C)nn(-c3cccc(C(F)(F)F)c3)c2C)cc1[N+](=O)[O-]. The fraction of sp³-hybridized carbons (Fsp3) is 0.238. The van der Waals surface area contributed by atoms with Crippen LogP contribution in [0.2, 0.25) is 0 Å². The van der Waals surface area contributed by atoms with Crippen LogP contribution in [0, 0.1) is 30.9 Å². The van der Waals surface area contributed by atoms with Crippen molar-refractivity contribution in [1.29, 1.82) is 0 Å². The van der Waals surface area contributed by atoms with E-state index in [2.05, 4.69) is 10.4 Å². The molecule has 0 fully saturated rings. The van der Waals surface area contributed by atoms with Gasteiger partial charge in [0, 0.05) is 28.6 Å². The van der Waals surface area contributed by atoms with Gasteiger partial charge in [-0.25, -0.2) is 4.68 Å². The number of alkyl halides is 3. The Balaban J connectivity index is 1.84. The molecular weight excluding hydrogens is 413 g/mol. The van der Waals surface area contributed by atoms with E-state index in [1.807, 2.05) is 0 Å². The van der Waals surface area contributed by atoms with E-state index in [4.69, 9.17) is 0 Å². The van der Waals surface area contributed by atoms with Crippen LogP contribution >= 0.6 is 0 Å². The third-order valence-electron chi connectivity index (χ3n) is 4.89. The first-order valence-electron chi connectivity index (χ1n) is 9.25. The lowest BCUT2D eigenvalue weighted by Gasteiger charge is -2.10. The number of carbonyl (C=O) groups is 1. The monoisotopic (exact) mass is 432 g/mol. The highest BCUT2D eigenvalue weighted by Crippen LogP contribution is 2.31. The standard InChI is InChI=1S/C21H19F3N4O3/c1-12-7-8-16(10-19(12)28(30)31)25-20(29)11-18-13(2)26-27(14(18)3)17-6-4-5-15(9-17)21(22,23)24/h4-10H,11H2,1-3H3,(H,25,29). The number of nitrogens with one attached hydrogen (secondary N) is 1. The third kappa shape index (κ3) is 4.73. The molecule has 3 aromatic rings. The molecule has 0 spiro atoms. The van der Waals surface area contributed by atoms with Crippen LogP contribution in [0.5, 0.6) is 0 Å². The molecule has 0 aliphatic heterocycles. The highest BCUT2D eigenvalue weighted by Gasteiger charge is 2.30. The smallest absolute Gasteiger partial charge is 0.326 e. The molecule has 1 aromatic heterocycles. The normalized spacial score (nSPS) is 11.4. The van der Waals surface area contributed by atoms with Crippen LogP contribution in [0.15, 0.2) is 42.5 Å². The maximum atomic E-state index is 13.0. The number of nitrogens with zero attached hydrogens (tertiary/aromatic N) is 3. The maximum Gasteiger partial charge on any atom is 0.416 e. The van der Waals surface area contributed by atoms with E-state index in [9.17, 15) is 28.1 Å². The summed E-state index contributed by atoms with van der Waals surface area (Å²) in [7, 11) is 0. The van der Waals surface area contributed by atoms with Crippen LogP contribution in [0.1, 0.15) is 28.1 Å². The number of nitro benzene ring substituents is 1. The zero-order valence-corrected chi connectivity index (χ0v) is 16.9. The number of nitro groups is 1. The molecule has 7 nitrogen and oxygen atoms in total. The van der Waals surface area contributed by atoms with Crippen molar-refractivity contribution in [2.75, 3.05) is 5.32 Å². The molecule has 1 N–H and O–H groups in total. The van der Waals surface area contributed by atoms with Crippen molar-refractivity contribution in [2.45, 2.75) is 33.4 Å². The molecule has 0 saturated heterocycles. The van der Waals surface area contributed by atoms with Crippen molar-refractivity contribution in [1.82, 2.24) is 9.78 Å². The molecule has 3 rings (SSSR count). The average molecular weight is 432 g/mol. The van der Waals surface area contributed by atoms with E-state index >= 15 is 0 Å². The number of anilines is 1. The molecule has 0 radical (unpaired) electrons. The number of hydrogen-bond acceptors (Lipinski definition) is 4. The van der Waals surface area contributed by atoms with Crippen LogP contribution < -0.4 is 5.32 Å². The lowest BCUT2D eigenvalue weighted by atomic mass is 10.1. The Kier molecular flexibility index (Phi) is 5.83. The van der Waals surface area contributed by atoms with Gasteiger partial charge in [-0.3, -0.25) is 14.9 Å². The maximum absolute atomic E-state index is 13.0. The average Bonchev–Trinajstić information content (AvgIpc) is 2.97. The lowest BCUT2D eigenvalue weighted by molar-refractivity contribution is -0.385. The molecule has 0 unspecified atom stereocenters. The Morgan fingerprint density at radius 1 is 1.16 bits per heavy atom. The van der Waals surface area contributed by atoms with E-state index in [1.54, 1.807) is 26.8 Å². The molecule has 1 heterocycles. The molecule has 0 aliphatic rings. The number of halogens is 3. The van der Waals surface area contributed by atoms with Gasteiger partial charge in [0.15, 0.2) is 0 Å². The van der Waals surface area contributed by atoms with E-state index < -0.39 is 22.6 Å². The summed E-state index contributed by atoms with van der Waals surface area (Å²) in [5, 5.41) is 18.0. The number of rotatable bonds is 5. The van der Waals surface area contributed by atoms with Crippen LogP contribution in [0.4, 0.5) is 24.5 Å². The summed E-state index contributed by atoms with van der Waals surface area (Å²) in [6.07, 6.45) is -4.57. The zero-order valence-electron chi connectivity index (χ0n) is 16.9. The van der Waals surface area contributed by atoms with Gasteiger partial charge < -0.3 is 5.32 Å². The minimum atomic E-state index is -4.48. The second-order valence-electron chi connectivity index (χ2n) is 7.09. The first-order valence-corrected chi connectivity index (χ1v) is 9.25. The first kappa shape index (κ1) is 22.0. The fourth-order valence-corrected chi connectivity index (χ4v) is 3.25. The minimum absolute atomic E-state index is 0.0850. The van der Waals surface area contributed by atoms with E-state index in [1.165, 1.54) is 28.9 Å². The van der Waals surface area contributed by atoms with Crippen molar-refractivity contribution >= 4 is 17.3 Å². The van der Waals surface area contributed by atoms with Gasteiger partial charge in [0.05, 0.1) is 28.3 Å². The second-order valence-corrected chi connectivity index (χ2v) is 7.09. The van der Waals surface area contributed by atoms with Crippen LogP contribution in [-0.2, 0) is 17.4 Å². The number of aromatic nitrogens is 2. The molecular formula is C21H19F3N4O3. The summed E-state index contributed by atoms with van der Waals surface area (Å²) in [5.74, 6) is -0.423. The Morgan fingerprint density at radius 2 is 1.87 bits per heavy atom. The highest BCUT2D eigenvalue weighted by molar-refractivity contribution is 5.93. The Bertz CT molecular complexity index is 1170. The predicted molar refractivity (Wildman–Crippen MR) is 108 cm³/mol. The van der Waals surface area contributed by atoms with Gasteiger partial charge in [-0.1, -0.05) is 12.1 Å². The second kappa shape index (κ2) is 8.21. The van der Waals surface area contributed by atoms with Crippen molar-refractivity contribution in [2.24, 2.45) is 0 Å². The Hall–Kier alpha value is -3.69. The van der Waals surface area contributed by atoms with Crippen molar-refractivity contribution < 1.29 is 22.9 Å². The van der Waals surface area contributed by atoms with Gasteiger partial charge in [0.1, 0.15) is 0 Å². The van der Waals surface area contributed by atoms with Crippen molar-refractivity contribution in [3.8, 4) is 5.69 Å². The topological polar surface area (TPSA) is 90.1 Å². The molecule has 0 aliphatic carbocycles. The van der Waals surface area contributed by atoms with Crippen molar-refractivity contribution in [3.05, 3.63) is 80.7 Å². The van der Waals surface area contributed by atoms with Gasteiger partial charge in [-0.15, -0.1) is 0 Å². The Morgan fingerprint density at radius 3 is 2.52 bits per heavy atom. The zero-order chi connectivity index (χ0) is 22.9. The number of amides is 1. The molecule has 0 atom stereocenters. The molecule has 0 bridgehead atoms. The summed E-state index contributed by atoms with van der Waals surface area (Å²) in [6, 6.07) is 9.15. The van der Waals surface area contributed by atoms with Gasteiger partial charge in [0.2, 0.25) is 5.91 Å². The molecule has 1 amide bonds. The molecule has 10 heteroatoms. The van der Waals surface area contributed by atoms with Crippen LogP contribution in [-0.4, -0.2) is 20.6 Å². The van der Waals surface area contributed by atoms with Gasteiger partial charge in [-0.2, -0.15) is 18.3 Å². The quantitative estimate of drug-likeness (QED) is 0.458.